The minimum absolute atomic E-state index is 0.228. The van der Waals surface area contributed by atoms with E-state index in [1.54, 1.807) is 0 Å². The summed E-state index contributed by atoms with van der Waals surface area (Å²) in [5.74, 6) is 0. The number of benzene rings is 1. The van der Waals surface area contributed by atoms with Crippen LogP contribution < -0.4 is 5.32 Å². The van der Waals surface area contributed by atoms with E-state index in [0.717, 1.165) is 16.7 Å². The summed E-state index contributed by atoms with van der Waals surface area (Å²) < 4.78 is 5.18. The number of nitrogens with one attached hydrogen (secondary N) is 1. The summed E-state index contributed by atoms with van der Waals surface area (Å²) in [6, 6.07) is 5.74. The molecule has 2 aromatic rings. The van der Waals surface area contributed by atoms with E-state index in [1.165, 1.54) is 6.39 Å². The summed E-state index contributed by atoms with van der Waals surface area (Å²) in [7, 11) is 0. The predicted molar refractivity (Wildman–Crippen MR) is 58.8 cm³/mol. The molecule has 1 aromatic heterocycles. The van der Waals surface area contributed by atoms with Gasteiger partial charge in [0, 0.05) is 13.1 Å². The summed E-state index contributed by atoms with van der Waals surface area (Å²) >= 11 is 0. The van der Waals surface area contributed by atoms with Crippen LogP contribution in [-0.4, -0.2) is 34.5 Å². The molecule has 0 fully saturated rings. The molecule has 1 heterocycles. The van der Waals surface area contributed by atoms with Gasteiger partial charge in [0.25, 0.3) is 0 Å². The Kier molecular flexibility index (Phi) is 3.51. The Morgan fingerprint density at radius 2 is 2.31 bits per heavy atom. The highest BCUT2D eigenvalue weighted by atomic mass is 16.3. The van der Waals surface area contributed by atoms with Crippen LogP contribution >= 0.6 is 0 Å². The quantitative estimate of drug-likeness (QED) is 0.676. The molecular weight excluding hydrogens is 208 g/mol. The molecule has 0 saturated heterocycles. The molecule has 1 atom stereocenters. The van der Waals surface area contributed by atoms with E-state index >= 15 is 0 Å². The van der Waals surface area contributed by atoms with Crippen molar-refractivity contribution in [1.82, 2.24) is 10.3 Å². The fourth-order valence-corrected chi connectivity index (χ4v) is 1.46. The topological polar surface area (TPSA) is 78.5 Å². The molecule has 0 saturated carbocycles. The lowest BCUT2D eigenvalue weighted by atomic mass is 10.2. The molecule has 0 radical (unpaired) electrons. The van der Waals surface area contributed by atoms with E-state index in [4.69, 9.17) is 14.6 Å². The van der Waals surface area contributed by atoms with Crippen molar-refractivity contribution in [2.75, 3.05) is 13.2 Å². The first-order valence-corrected chi connectivity index (χ1v) is 5.11. The minimum atomic E-state index is -0.714. The third-order valence-corrected chi connectivity index (χ3v) is 2.32. The highest BCUT2D eigenvalue weighted by molar-refractivity contribution is 5.72. The molecule has 5 heteroatoms. The summed E-state index contributed by atoms with van der Waals surface area (Å²) in [4.78, 5) is 4.02. The third kappa shape index (κ3) is 2.57. The zero-order valence-electron chi connectivity index (χ0n) is 8.76. The van der Waals surface area contributed by atoms with Crippen LogP contribution in [0.15, 0.2) is 29.0 Å². The Bertz CT molecular complexity index is 455. The highest BCUT2D eigenvalue weighted by Crippen LogP contribution is 2.13. The molecule has 0 aliphatic rings. The largest absolute Gasteiger partial charge is 0.443 e. The smallest absolute Gasteiger partial charge is 0.181 e. The number of aromatic nitrogens is 1. The predicted octanol–water partition coefficient (Wildman–Crippen LogP) is 0.271. The van der Waals surface area contributed by atoms with Crippen molar-refractivity contribution >= 4 is 11.1 Å². The SMILES string of the molecule is OCC(O)CNCc1ccc2ncoc2c1. The molecular formula is C11H14N2O3. The van der Waals surface area contributed by atoms with Crippen molar-refractivity contribution in [3.05, 3.63) is 30.2 Å². The highest BCUT2D eigenvalue weighted by Gasteiger charge is 2.02. The fraction of sp³-hybridized carbons (Fsp3) is 0.364. The number of aliphatic hydroxyl groups excluding tert-OH is 2. The maximum atomic E-state index is 9.13. The second kappa shape index (κ2) is 5.07. The lowest BCUT2D eigenvalue weighted by Crippen LogP contribution is -2.28. The van der Waals surface area contributed by atoms with Crippen molar-refractivity contribution < 1.29 is 14.6 Å². The Labute approximate surface area is 92.7 Å². The van der Waals surface area contributed by atoms with Gasteiger partial charge < -0.3 is 19.9 Å². The zero-order valence-corrected chi connectivity index (χ0v) is 8.76. The summed E-state index contributed by atoms with van der Waals surface area (Å²) in [5.41, 5.74) is 2.63. The molecule has 86 valence electrons. The Hall–Kier alpha value is -1.43. The van der Waals surface area contributed by atoms with E-state index in [-0.39, 0.29) is 6.61 Å². The number of hydrogen-bond acceptors (Lipinski definition) is 5. The van der Waals surface area contributed by atoms with Crippen molar-refractivity contribution in [1.29, 1.82) is 0 Å². The molecule has 3 N–H and O–H groups in total. The van der Waals surface area contributed by atoms with E-state index in [1.807, 2.05) is 18.2 Å². The second-order valence-electron chi connectivity index (χ2n) is 3.62. The molecule has 16 heavy (non-hydrogen) atoms. The maximum Gasteiger partial charge on any atom is 0.181 e. The number of hydrogen-bond donors (Lipinski definition) is 3. The fourth-order valence-electron chi connectivity index (χ4n) is 1.46. The third-order valence-electron chi connectivity index (χ3n) is 2.32. The molecule has 1 aromatic carbocycles. The first-order valence-electron chi connectivity index (χ1n) is 5.11. The molecule has 0 aliphatic carbocycles. The summed E-state index contributed by atoms with van der Waals surface area (Å²) in [6.45, 7) is 0.757. The molecule has 0 spiro atoms. The van der Waals surface area contributed by atoms with Crippen molar-refractivity contribution in [3.8, 4) is 0 Å². The number of oxazole rings is 1. The molecule has 0 aliphatic heterocycles. The molecule has 1 unspecified atom stereocenters. The van der Waals surface area contributed by atoms with E-state index in [2.05, 4.69) is 10.3 Å². The number of rotatable bonds is 5. The standard InChI is InChI=1S/C11H14N2O3/c14-6-9(15)5-12-4-8-1-2-10-11(3-8)16-7-13-10/h1-3,7,9,12,14-15H,4-6H2. The lowest BCUT2D eigenvalue weighted by molar-refractivity contribution is 0.0942. The Balaban J connectivity index is 1.93. The average molecular weight is 222 g/mol. The first kappa shape index (κ1) is 11.1. The van der Waals surface area contributed by atoms with Crippen LogP contribution in [0.3, 0.4) is 0 Å². The van der Waals surface area contributed by atoms with Crippen molar-refractivity contribution in [2.24, 2.45) is 0 Å². The van der Waals surface area contributed by atoms with Crippen molar-refractivity contribution in [3.63, 3.8) is 0 Å². The average Bonchev–Trinajstić information content (AvgIpc) is 2.76. The van der Waals surface area contributed by atoms with Gasteiger partial charge in [-0.1, -0.05) is 6.07 Å². The van der Waals surface area contributed by atoms with Gasteiger partial charge in [-0.25, -0.2) is 4.98 Å². The number of aliphatic hydroxyl groups is 2. The van der Waals surface area contributed by atoms with Gasteiger partial charge in [0.05, 0.1) is 12.7 Å². The van der Waals surface area contributed by atoms with Crippen LogP contribution in [0.4, 0.5) is 0 Å². The Morgan fingerprint density at radius 1 is 1.44 bits per heavy atom. The van der Waals surface area contributed by atoms with E-state index in [0.29, 0.717) is 13.1 Å². The van der Waals surface area contributed by atoms with Crippen LogP contribution in [0.25, 0.3) is 11.1 Å². The molecule has 2 rings (SSSR count). The van der Waals surface area contributed by atoms with Crippen LogP contribution in [-0.2, 0) is 6.54 Å². The minimum Gasteiger partial charge on any atom is -0.443 e. The monoisotopic (exact) mass is 222 g/mol. The van der Waals surface area contributed by atoms with Gasteiger partial charge in [-0.05, 0) is 17.7 Å². The van der Waals surface area contributed by atoms with E-state index < -0.39 is 6.10 Å². The zero-order chi connectivity index (χ0) is 11.4. The van der Waals surface area contributed by atoms with Gasteiger partial charge in [-0.15, -0.1) is 0 Å². The van der Waals surface area contributed by atoms with Crippen LogP contribution in [0.1, 0.15) is 5.56 Å². The normalized spacial score (nSPS) is 13.1. The van der Waals surface area contributed by atoms with Gasteiger partial charge in [-0.3, -0.25) is 0 Å². The summed E-state index contributed by atoms with van der Waals surface area (Å²) in [5, 5.41) is 20.8. The van der Waals surface area contributed by atoms with Gasteiger partial charge in [0.2, 0.25) is 0 Å². The molecule has 5 nitrogen and oxygen atoms in total. The van der Waals surface area contributed by atoms with Gasteiger partial charge in [0.1, 0.15) is 5.52 Å². The van der Waals surface area contributed by atoms with Gasteiger partial charge in [0.15, 0.2) is 12.0 Å². The number of nitrogens with zero attached hydrogens (tertiary/aromatic N) is 1. The Morgan fingerprint density at radius 3 is 3.12 bits per heavy atom. The van der Waals surface area contributed by atoms with Crippen LogP contribution in [0.2, 0.25) is 0 Å². The van der Waals surface area contributed by atoms with Gasteiger partial charge >= 0.3 is 0 Å². The second-order valence-corrected chi connectivity index (χ2v) is 3.62. The first-order chi connectivity index (χ1) is 7.79. The van der Waals surface area contributed by atoms with Crippen molar-refractivity contribution in [2.45, 2.75) is 12.6 Å². The van der Waals surface area contributed by atoms with E-state index in [9.17, 15) is 0 Å². The maximum absolute atomic E-state index is 9.13. The summed E-state index contributed by atoms with van der Waals surface area (Å²) in [6.07, 6.45) is 0.700. The number of fused-ring (bicyclic) bond motifs is 1. The van der Waals surface area contributed by atoms with Crippen LogP contribution in [0.5, 0.6) is 0 Å². The lowest BCUT2D eigenvalue weighted by Gasteiger charge is -2.08. The van der Waals surface area contributed by atoms with Gasteiger partial charge in [-0.2, -0.15) is 0 Å². The molecule has 0 amide bonds. The molecule has 0 bridgehead atoms. The van der Waals surface area contributed by atoms with Crippen LogP contribution in [0, 0.1) is 0 Å².